The number of nitrogens with zero attached hydrogens (tertiary/aromatic N) is 1. The van der Waals surface area contributed by atoms with E-state index in [2.05, 4.69) is 42.7 Å². The van der Waals surface area contributed by atoms with Crippen molar-refractivity contribution in [3.05, 3.63) is 0 Å². The van der Waals surface area contributed by atoms with Crippen LogP contribution in [0.15, 0.2) is 0 Å². The van der Waals surface area contributed by atoms with Gasteiger partial charge in [-0.25, -0.2) is 0 Å². The number of rotatable bonds is 5. The Labute approximate surface area is 124 Å². The topological polar surface area (TPSA) is 15.3 Å². The lowest BCUT2D eigenvalue weighted by atomic mass is 9.73. The third-order valence-electron chi connectivity index (χ3n) is 5.22. The van der Waals surface area contributed by atoms with E-state index in [0.29, 0.717) is 5.41 Å². The van der Waals surface area contributed by atoms with Gasteiger partial charge in [-0.15, -0.1) is 0 Å². The van der Waals surface area contributed by atoms with Crippen LogP contribution in [0.5, 0.6) is 0 Å². The zero-order valence-electron chi connectivity index (χ0n) is 13.1. The first-order valence-electron chi connectivity index (χ1n) is 8.23. The molecule has 0 bridgehead atoms. The van der Waals surface area contributed by atoms with Gasteiger partial charge in [0.25, 0.3) is 0 Å². The van der Waals surface area contributed by atoms with Crippen molar-refractivity contribution in [2.45, 2.75) is 64.2 Å². The van der Waals surface area contributed by atoms with Gasteiger partial charge in [0.15, 0.2) is 0 Å². The monoisotopic (exact) mass is 284 g/mol. The highest BCUT2D eigenvalue weighted by Crippen LogP contribution is 2.38. The van der Waals surface area contributed by atoms with Crippen molar-refractivity contribution < 1.29 is 0 Å². The van der Waals surface area contributed by atoms with Crippen LogP contribution in [0.3, 0.4) is 0 Å². The van der Waals surface area contributed by atoms with E-state index in [0.717, 1.165) is 17.8 Å². The van der Waals surface area contributed by atoms with Crippen molar-refractivity contribution in [1.29, 1.82) is 0 Å². The molecule has 2 unspecified atom stereocenters. The second-order valence-electron chi connectivity index (χ2n) is 6.63. The number of thioether (sulfide) groups is 1. The van der Waals surface area contributed by atoms with Crippen molar-refractivity contribution >= 4 is 11.8 Å². The molecule has 0 radical (unpaired) electrons. The van der Waals surface area contributed by atoms with Crippen molar-refractivity contribution in [3.8, 4) is 0 Å². The van der Waals surface area contributed by atoms with E-state index in [1.165, 1.54) is 57.5 Å². The Morgan fingerprint density at radius 1 is 1.21 bits per heavy atom. The standard InChI is InChI=1S/C16H32N2S/c1-4-17-12-16(8-6-5-7-9-16)13-18-10-11-19-15(3)14(18)2/h14-15,17H,4-13H2,1-3H3. The smallest absolute Gasteiger partial charge is 0.0184 e. The summed E-state index contributed by atoms with van der Waals surface area (Å²) < 4.78 is 0. The summed E-state index contributed by atoms with van der Waals surface area (Å²) in [6, 6.07) is 0.749. The van der Waals surface area contributed by atoms with E-state index in [-0.39, 0.29) is 0 Å². The third-order valence-corrected chi connectivity index (χ3v) is 6.56. The SMILES string of the molecule is CCNCC1(CN2CCSC(C)C2C)CCCCC1. The molecule has 2 aliphatic rings. The van der Waals surface area contributed by atoms with Gasteiger partial charge in [-0.05, 0) is 31.7 Å². The molecule has 0 spiro atoms. The van der Waals surface area contributed by atoms with Crippen LogP contribution < -0.4 is 5.32 Å². The van der Waals surface area contributed by atoms with Crippen LogP contribution in [-0.4, -0.2) is 48.1 Å². The van der Waals surface area contributed by atoms with Crippen LogP contribution in [0.1, 0.15) is 52.9 Å². The molecule has 1 heterocycles. The molecule has 112 valence electrons. The molecular weight excluding hydrogens is 252 g/mol. The molecule has 0 amide bonds. The summed E-state index contributed by atoms with van der Waals surface area (Å²) in [5, 5.41) is 4.44. The lowest BCUT2D eigenvalue weighted by Crippen LogP contribution is -2.52. The molecule has 3 heteroatoms. The summed E-state index contributed by atoms with van der Waals surface area (Å²) in [5.74, 6) is 1.32. The Morgan fingerprint density at radius 2 is 1.95 bits per heavy atom. The van der Waals surface area contributed by atoms with Gasteiger partial charge < -0.3 is 5.32 Å². The summed E-state index contributed by atoms with van der Waals surface area (Å²) in [4.78, 5) is 2.78. The molecule has 1 N–H and O–H groups in total. The molecular formula is C16H32N2S. The maximum Gasteiger partial charge on any atom is 0.0184 e. The molecule has 19 heavy (non-hydrogen) atoms. The molecule has 2 rings (SSSR count). The predicted molar refractivity (Wildman–Crippen MR) is 87.0 cm³/mol. The Hall–Kier alpha value is 0.270. The van der Waals surface area contributed by atoms with Crippen molar-refractivity contribution in [1.82, 2.24) is 10.2 Å². The van der Waals surface area contributed by atoms with Gasteiger partial charge in [-0.2, -0.15) is 11.8 Å². The maximum atomic E-state index is 3.64. The molecule has 2 atom stereocenters. The Balaban J connectivity index is 1.98. The van der Waals surface area contributed by atoms with Crippen LogP contribution in [0, 0.1) is 5.41 Å². The summed E-state index contributed by atoms with van der Waals surface area (Å²) in [7, 11) is 0. The van der Waals surface area contributed by atoms with Gasteiger partial charge in [0.1, 0.15) is 0 Å². The lowest BCUT2D eigenvalue weighted by molar-refractivity contribution is 0.0812. The minimum Gasteiger partial charge on any atom is -0.316 e. The fourth-order valence-corrected chi connectivity index (χ4v) is 4.89. The third kappa shape index (κ3) is 4.12. The molecule has 2 nitrogen and oxygen atoms in total. The highest BCUT2D eigenvalue weighted by atomic mass is 32.2. The van der Waals surface area contributed by atoms with Crippen LogP contribution >= 0.6 is 11.8 Å². The fourth-order valence-electron chi connectivity index (χ4n) is 3.73. The Bertz CT molecular complexity index is 263. The molecule has 0 aromatic heterocycles. The van der Waals surface area contributed by atoms with Gasteiger partial charge in [-0.1, -0.05) is 33.1 Å². The van der Waals surface area contributed by atoms with Crippen molar-refractivity contribution in [3.63, 3.8) is 0 Å². The average molecular weight is 285 g/mol. The van der Waals surface area contributed by atoms with Gasteiger partial charge in [-0.3, -0.25) is 4.90 Å². The highest BCUT2D eigenvalue weighted by molar-refractivity contribution is 8.00. The molecule has 2 fully saturated rings. The van der Waals surface area contributed by atoms with Crippen LogP contribution in [0.4, 0.5) is 0 Å². The molecule has 1 aliphatic carbocycles. The summed E-state index contributed by atoms with van der Waals surface area (Å²) in [6.07, 6.45) is 7.21. The molecule has 0 aromatic rings. The second kappa shape index (κ2) is 7.33. The summed E-state index contributed by atoms with van der Waals surface area (Å²) in [5.41, 5.74) is 0.560. The lowest BCUT2D eigenvalue weighted by Gasteiger charge is -2.46. The van der Waals surface area contributed by atoms with Gasteiger partial charge in [0.2, 0.25) is 0 Å². The zero-order valence-corrected chi connectivity index (χ0v) is 13.9. The maximum absolute atomic E-state index is 3.64. The van der Waals surface area contributed by atoms with Crippen LogP contribution in [0.2, 0.25) is 0 Å². The molecule has 1 saturated carbocycles. The second-order valence-corrected chi connectivity index (χ2v) is 8.11. The predicted octanol–water partition coefficient (Wildman–Crippen LogP) is 3.37. The summed E-state index contributed by atoms with van der Waals surface area (Å²) >= 11 is 2.15. The van der Waals surface area contributed by atoms with Gasteiger partial charge >= 0.3 is 0 Å². The fraction of sp³-hybridized carbons (Fsp3) is 1.00. The normalized spacial score (nSPS) is 32.4. The molecule has 1 saturated heterocycles. The first kappa shape index (κ1) is 15.7. The van der Waals surface area contributed by atoms with Crippen LogP contribution in [0.25, 0.3) is 0 Å². The largest absolute Gasteiger partial charge is 0.316 e. The number of hydrogen-bond acceptors (Lipinski definition) is 3. The van der Waals surface area contributed by atoms with Crippen LogP contribution in [-0.2, 0) is 0 Å². The average Bonchev–Trinajstić information content (AvgIpc) is 2.43. The quantitative estimate of drug-likeness (QED) is 0.833. The van der Waals surface area contributed by atoms with E-state index < -0.39 is 0 Å². The van der Waals surface area contributed by atoms with Gasteiger partial charge in [0, 0.05) is 36.7 Å². The minimum absolute atomic E-state index is 0.560. The van der Waals surface area contributed by atoms with E-state index in [1.54, 1.807) is 0 Å². The molecule has 0 aromatic carbocycles. The Morgan fingerprint density at radius 3 is 2.63 bits per heavy atom. The van der Waals surface area contributed by atoms with Crippen molar-refractivity contribution in [2.24, 2.45) is 5.41 Å². The minimum atomic E-state index is 0.560. The van der Waals surface area contributed by atoms with E-state index >= 15 is 0 Å². The number of hydrogen-bond donors (Lipinski definition) is 1. The van der Waals surface area contributed by atoms with E-state index in [1.807, 2.05) is 0 Å². The molecule has 1 aliphatic heterocycles. The summed E-state index contributed by atoms with van der Waals surface area (Å²) in [6.45, 7) is 12.0. The highest BCUT2D eigenvalue weighted by Gasteiger charge is 2.36. The van der Waals surface area contributed by atoms with Crippen molar-refractivity contribution in [2.75, 3.05) is 31.9 Å². The number of nitrogens with one attached hydrogen (secondary N) is 1. The first-order valence-corrected chi connectivity index (χ1v) is 9.28. The Kier molecular flexibility index (Phi) is 6.04. The van der Waals surface area contributed by atoms with E-state index in [4.69, 9.17) is 0 Å². The van der Waals surface area contributed by atoms with E-state index in [9.17, 15) is 0 Å². The zero-order chi connectivity index (χ0) is 13.7. The van der Waals surface area contributed by atoms with Gasteiger partial charge in [0.05, 0.1) is 0 Å². The first-order chi connectivity index (χ1) is 9.17.